The van der Waals surface area contributed by atoms with Crippen LogP contribution in [0.2, 0.25) is 0 Å². The van der Waals surface area contributed by atoms with E-state index in [1.807, 2.05) is 0 Å². The number of carbonyl (C=O) groups excluding carboxylic acids is 1. The van der Waals surface area contributed by atoms with Crippen LogP contribution in [0.1, 0.15) is 123 Å². The van der Waals surface area contributed by atoms with Crippen LogP contribution in [0.3, 0.4) is 0 Å². The Morgan fingerprint density at radius 2 is 1.14 bits per heavy atom. The molecule has 0 saturated carbocycles. The van der Waals surface area contributed by atoms with E-state index < -0.39 is 0 Å². The van der Waals surface area contributed by atoms with Crippen molar-refractivity contribution >= 4 is 17.6 Å². The molecule has 0 fully saturated rings. The monoisotopic (exact) mass is 431 g/mol. The number of ether oxygens (including phenoxy) is 1. The van der Waals surface area contributed by atoms with E-state index >= 15 is 0 Å². The number of rotatable bonds is 23. The first-order valence-electron chi connectivity index (χ1n) is 12.7. The molecule has 3 nitrogen and oxygen atoms in total. The predicted octanol–water partition coefficient (Wildman–Crippen LogP) is 7.74. The van der Waals surface area contributed by atoms with Crippen molar-refractivity contribution in [1.29, 1.82) is 0 Å². The molecule has 174 valence electrons. The Kier molecular flexibility index (Phi) is 23.8. The fourth-order valence-electron chi connectivity index (χ4n) is 3.67. The van der Waals surface area contributed by atoms with Crippen molar-refractivity contribution in [3.8, 4) is 0 Å². The summed E-state index contributed by atoms with van der Waals surface area (Å²) in [4.78, 5) is 14.2. The molecule has 0 aliphatic rings. The van der Waals surface area contributed by atoms with E-state index in [0.717, 1.165) is 51.6 Å². The number of carbonyl (C=O) groups is 1. The van der Waals surface area contributed by atoms with Gasteiger partial charge in [0.2, 0.25) is 0 Å². The van der Waals surface area contributed by atoms with Crippen molar-refractivity contribution in [2.45, 2.75) is 123 Å². The highest BCUT2D eigenvalue weighted by atomic mass is 35.5. The molecule has 0 amide bonds. The predicted molar refractivity (Wildman–Crippen MR) is 128 cm³/mol. The lowest BCUT2D eigenvalue weighted by molar-refractivity contribution is -0.143. The van der Waals surface area contributed by atoms with E-state index in [4.69, 9.17) is 16.3 Å². The fourth-order valence-corrected chi connectivity index (χ4v) is 3.91. The van der Waals surface area contributed by atoms with Gasteiger partial charge in [0.1, 0.15) is 0 Å². The zero-order valence-electron chi connectivity index (χ0n) is 19.7. The molecule has 0 rings (SSSR count). The van der Waals surface area contributed by atoms with Crippen molar-refractivity contribution in [2.75, 3.05) is 32.1 Å². The second kappa shape index (κ2) is 24.0. The van der Waals surface area contributed by atoms with Crippen LogP contribution >= 0.6 is 11.6 Å². The molecule has 0 aliphatic carbocycles. The molecule has 0 atom stereocenters. The zero-order chi connectivity index (χ0) is 21.4. The topological polar surface area (TPSA) is 29.5 Å². The SMILES string of the molecule is CCCCCCCCCCCCN(CCCl)CCCCCC(=O)OCCCCC. The average molecular weight is 432 g/mol. The summed E-state index contributed by atoms with van der Waals surface area (Å²) in [6.45, 7) is 8.29. The molecule has 0 unspecified atom stereocenters. The molecule has 0 N–H and O–H groups in total. The van der Waals surface area contributed by atoms with Crippen molar-refractivity contribution in [3.05, 3.63) is 0 Å². The lowest BCUT2D eigenvalue weighted by atomic mass is 10.1. The molecule has 0 saturated heterocycles. The summed E-state index contributed by atoms with van der Waals surface area (Å²) < 4.78 is 5.26. The molecular weight excluding hydrogens is 382 g/mol. The number of alkyl halides is 1. The lowest BCUT2D eigenvalue weighted by Gasteiger charge is -2.21. The van der Waals surface area contributed by atoms with E-state index in [1.54, 1.807) is 0 Å². The van der Waals surface area contributed by atoms with Gasteiger partial charge in [0.15, 0.2) is 0 Å². The normalized spacial score (nSPS) is 11.3. The highest BCUT2D eigenvalue weighted by Gasteiger charge is 2.06. The highest BCUT2D eigenvalue weighted by molar-refractivity contribution is 6.18. The van der Waals surface area contributed by atoms with Gasteiger partial charge in [-0.2, -0.15) is 0 Å². The second-order valence-electron chi connectivity index (χ2n) is 8.45. The molecular formula is C25H50ClNO2. The van der Waals surface area contributed by atoms with Gasteiger partial charge in [-0.1, -0.05) is 90.9 Å². The maximum Gasteiger partial charge on any atom is 0.305 e. The zero-order valence-corrected chi connectivity index (χ0v) is 20.5. The standard InChI is InChI=1S/C25H50ClNO2/c1-3-5-7-8-9-10-11-12-13-16-21-27(23-20-26)22-17-14-15-19-25(28)29-24-18-6-4-2/h3-24H2,1-2H3. The van der Waals surface area contributed by atoms with E-state index in [1.165, 1.54) is 70.8 Å². The molecule has 0 aliphatic heterocycles. The van der Waals surface area contributed by atoms with Gasteiger partial charge in [0.05, 0.1) is 6.61 Å². The Morgan fingerprint density at radius 1 is 0.655 bits per heavy atom. The summed E-state index contributed by atoms with van der Waals surface area (Å²) >= 11 is 5.98. The van der Waals surface area contributed by atoms with Crippen LogP contribution < -0.4 is 0 Å². The fraction of sp³-hybridized carbons (Fsp3) is 0.960. The van der Waals surface area contributed by atoms with Gasteiger partial charge in [0.25, 0.3) is 0 Å². The van der Waals surface area contributed by atoms with Crippen LogP contribution in [0.5, 0.6) is 0 Å². The van der Waals surface area contributed by atoms with Crippen molar-refractivity contribution in [3.63, 3.8) is 0 Å². The minimum atomic E-state index is -0.0240. The van der Waals surface area contributed by atoms with Crippen molar-refractivity contribution in [1.82, 2.24) is 4.90 Å². The van der Waals surface area contributed by atoms with Crippen LogP contribution in [0.25, 0.3) is 0 Å². The third-order valence-electron chi connectivity index (χ3n) is 5.59. The first kappa shape index (κ1) is 28.7. The Balaban J connectivity index is 3.54. The summed E-state index contributed by atoms with van der Waals surface area (Å²) in [7, 11) is 0. The summed E-state index contributed by atoms with van der Waals surface area (Å²) in [5, 5.41) is 0. The van der Waals surface area contributed by atoms with Crippen LogP contribution in [0, 0.1) is 0 Å². The van der Waals surface area contributed by atoms with Gasteiger partial charge in [-0.05, 0) is 38.8 Å². The summed E-state index contributed by atoms with van der Waals surface area (Å²) in [6.07, 6.45) is 20.9. The average Bonchev–Trinajstić information content (AvgIpc) is 2.72. The Hall–Kier alpha value is -0.280. The number of halogens is 1. The van der Waals surface area contributed by atoms with Crippen LogP contribution in [0.15, 0.2) is 0 Å². The molecule has 4 heteroatoms. The van der Waals surface area contributed by atoms with Gasteiger partial charge >= 0.3 is 5.97 Å². The number of unbranched alkanes of at least 4 members (excludes halogenated alkanes) is 13. The summed E-state index contributed by atoms with van der Waals surface area (Å²) in [5.74, 6) is 0.686. The van der Waals surface area contributed by atoms with E-state index in [-0.39, 0.29) is 5.97 Å². The minimum absolute atomic E-state index is 0.0240. The maximum atomic E-state index is 11.7. The number of esters is 1. The van der Waals surface area contributed by atoms with E-state index in [0.29, 0.717) is 18.9 Å². The third-order valence-corrected chi connectivity index (χ3v) is 5.76. The van der Waals surface area contributed by atoms with E-state index in [9.17, 15) is 4.79 Å². The second-order valence-corrected chi connectivity index (χ2v) is 8.83. The number of nitrogens with zero attached hydrogens (tertiary/aromatic N) is 1. The van der Waals surface area contributed by atoms with Gasteiger partial charge in [0, 0.05) is 18.8 Å². The number of hydrogen-bond acceptors (Lipinski definition) is 3. The highest BCUT2D eigenvalue weighted by Crippen LogP contribution is 2.11. The molecule has 0 aromatic carbocycles. The molecule has 0 heterocycles. The minimum Gasteiger partial charge on any atom is -0.466 e. The summed E-state index contributed by atoms with van der Waals surface area (Å²) in [5.41, 5.74) is 0. The van der Waals surface area contributed by atoms with Gasteiger partial charge in [-0.25, -0.2) is 0 Å². The first-order valence-corrected chi connectivity index (χ1v) is 13.2. The maximum absolute atomic E-state index is 11.7. The van der Waals surface area contributed by atoms with Crippen LogP contribution in [-0.4, -0.2) is 43.0 Å². The van der Waals surface area contributed by atoms with Crippen molar-refractivity contribution < 1.29 is 9.53 Å². The molecule has 0 aromatic heterocycles. The Bertz CT molecular complexity index is 339. The largest absolute Gasteiger partial charge is 0.466 e. The van der Waals surface area contributed by atoms with Crippen LogP contribution in [0.4, 0.5) is 0 Å². The Morgan fingerprint density at radius 3 is 1.69 bits per heavy atom. The third kappa shape index (κ3) is 22.2. The Labute approximate surface area is 187 Å². The lowest BCUT2D eigenvalue weighted by Crippen LogP contribution is -2.28. The van der Waals surface area contributed by atoms with Crippen molar-refractivity contribution in [2.24, 2.45) is 0 Å². The number of hydrogen-bond donors (Lipinski definition) is 0. The van der Waals surface area contributed by atoms with Crippen LogP contribution in [-0.2, 0) is 9.53 Å². The summed E-state index contributed by atoms with van der Waals surface area (Å²) in [6, 6.07) is 0. The quantitative estimate of drug-likeness (QED) is 0.0940. The first-order chi connectivity index (χ1) is 14.2. The molecule has 0 spiro atoms. The molecule has 0 radical (unpaired) electrons. The smallest absolute Gasteiger partial charge is 0.305 e. The van der Waals surface area contributed by atoms with Gasteiger partial charge in [-0.3, -0.25) is 4.79 Å². The van der Waals surface area contributed by atoms with Gasteiger partial charge < -0.3 is 9.64 Å². The molecule has 0 aromatic rings. The van der Waals surface area contributed by atoms with E-state index in [2.05, 4.69) is 18.7 Å². The molecule has 29 heavy (non-hydrogen) atoms. The molecule has 0 bridgehead atoms. The van der Waals surface area contributed by atoms with Gasteiger partial charge in [-0.15, -0.1) is 11.6 Å².